The second kappa shape index (κ2) is 9.34. The van der Waals surface area contributed by atoms with E-state index in [9.17, 15) is 18.4 Å². The molecule has 1 aromatic heterocycles. The highest BCUT2D eigenvalue weighted by atomic mass is 35.5. The summed E-state index contributed by atoms with van der Waals surface area (Å²) in [6.07, 6.45) is 0. The molecule has 4 aromatic rings. The molecule has 0 atom stereocenters. The summed E-state index contributed by atoms with van der Waals surface area (Å²) < 4.78 is 33.6. The third-order valence-corrected chi connectivity index (χ3v) is 6.19. The van der Waals surface area contributed by atoms with Gasteiger partial charge in [0.15, 0.2) is 0 Å². The predicted molar refractivity (Wildman–Crippen MR) is 128 cm³/mol. The minimum absolute atomic E-state index is 0.0307. The topological polar surface area (TPSA) is 78.5 Å². The minimum Gasteiger partial charge on any atom is -0.437 e. The van der Waals surface area contributed by atoms with Crippen LogP contribution in [-0.4, -0.2) is 47.2 Å². The number of anilines is 1. The van der Waals surface area contributed by atoms with Crippen LogP contribution in [0.2, 0.25) is 5.02 Å². The largest absolute Gasteiger partial charge is 0.437 e. The van der Waals surface area contributed by atoms with Crippen LogP contribution in [0.4, 0.5) is 14.5 Å². The van der Waals surface area contributed by atoms with Crippen LogP contribution in [0.3, 0.4) is 0 Å². The van der Waals surface area contributed by atoms with Gasteiger partial charge in [0.1, 0.15) is 17.4 Å². The molecule has 0 radical (unpaired) electrons. The third-order valence-electron chi connectivity index (χ3n) is 5.87. The van der Waals surface area contributed by atoms with Crippen molar-refractivity contribution in [1.82, 2.24) is 15.1 Å². The van der Waals surface area contributed by atoms with E-state index in [1.807, 2.05) is 4.90 Å². The average Bonchev–Trinajstić information content (AvgIpc) is 2.87. The number of H-pyrrole nitrogens is 1. The number of carbonyl (C=O) groups is 1. The van der Waals surface area contributed by atoms with Gasteiger partial charge < -0.3 is 14.5 Å². The number of fused-ring (bicyclic) bond motifs is 1. The zero-order valence-electron chi connectivity index (χ0n) is 18.3. The van der Waals surface area contributed by atoms with Crippen LogP contribution >= 0.6 is 11.6 Å². The summed E-state index contributed by atoms with van der Waals surface area (Å²) in [7, 11) is 0. The van der Waals surface area contributed by atoms with E-state index < -0.39 is 17.3 Å². The van der Waals surface area contributed by atoms with E-state index in [1.54, 1.807) is 35.2 Å². The van der Waals surface area contributed by atoms with Crippen molar-refractivity contribution in [1.29, 1.82) is 0 Å². The van der Waals surface area contributed by atoms with Crippen molar-refractivity contribution in [3.63, 3.8) is 0 Å². The number of nitrogens with zero attached hydrogens (tertiary/aromatic N) is 3. The van der Waals surface area contributed by atoms with E-state index in [1.165, 1.54) is 24.3 Å². The fourth-order valence-electron chi connectivity index (χ4n) is 4.06. The molecule has 0 aliphatic carbocycles. The summed E-state index contributed by atoms with van der Waals surface area (Å²) in [5.41, 5.74) is 0.293. The van der Waals surface area contributed by atoms with Crippen molar-refractivity contribution in [2.45, 2.75) is 0 Å². The minimum atomic E-state index is -0.680. The summed E-state index contributed by atoms with van der Waals surface area (Å²) in [6, 6.07) is 14.8. The van der Waals surface area contributed by atoms with E-state index in [4.69, 9.17) is 16.3 Å². The SMILES string of the molecule is O=C(c1cc(Oc2n[nH]c(=O)c3cccc(Cl)c23)ccc1F)N1CCN(c2ccc(F)cc2)CC1. The zero-order valence-corrected chi connectivity index (χ0v) is 19.1. The summed E-state index contributed by atoms with van der Waals surface area (Å²) in [5.74, 6) is -1.26. The predicted octanol–water partition coefficient (Wildman–Crippen LogP) is 4.61. The monoisotopic (exact) mass is 496 g/mol. The summed E-state index contributed by atoms with van der Waals surface area (Å²) >= 11 is 6.26. The van der Waals surface area contributed by atoms with Gasteiger partial charge in [0, 0.05) is 31.9 Å². The van der Waals surface area contributed by atoms with Crippen molar-refractivity contribution >= 4 is 34.0 Å². The molecule has 10 heteroatoms. The number of hydrogen-bond acceptors (Lipinski definition) is 5. The van der Waals surface area contributed by atoms with Gasteiger partial charge in [-0.2, -0.15) is 0 Å². The Hall–Kier alpha value is -3.98. The number of halogens is 3. The Balaban J connectivity index is 1.35. The summed E-state index contributed by atoms with van der Waals surface area (Å²) in [5, 5.41) is 7.15. The average molecular weight is 497 g/mol. The lowest BCUT2D eigenvalue weighted by atomic mass is 10.1. The number of ether oxygens (including phenoxy) is 1. The molecule has 5 rings (SSSR count). The first-order valence-corrected chi connectivity index (χ1v) is 11.2. The van der Waals surface area contributed by atoms with Crippen LogP contribution in [0.5, 0.6) is 11.6 Å². The van der Waals surface area contributed by atoms with Crippen LogP contribution in [0.15, 0.2) is 65.5 Å². The van der Waals surface area contributed by atoms with Crippen molar-refractivity contribution in [2.24, 2.45) is 0 Å². The number of aromatic nitrogens is 2. The molecule has 1 fully saturated rings. The third kappa shape index (κ3) is 4.54. The van der Waals surface area contributed by atoms with Gasteiger partial charge in [-0.15, -0.1) is 5.10 Å². The van der Waals surface area contributed by atoms with E-state index in [0.29, 0.717) is 37.0 Å². The molecule has 1 saturated heterocycles. The molecule has 7 nitrogen and oxygen atoms in total. The number of benzene rings is 3. The quantitative estimate of drug-likeness (QED) is 0.446. The van der Waals surface area contributed by atoms with Crippen molar-refractivity contribution in [3.05, 3.63) is 93.2 Å². The zero-order chi connectivity index (χ0) is 24.5. The molecule has 1 aliphatic heterocycles. The smallest absolute Gasteiger partial charge is 0.272 e. The molecule has 0 bridgehead atoms. The van der Waals surface area contributed by atoms with E-state index >= 15 is 0 Å². The number of piperazine rings is 1. The molecular weight excluding hydrogens is 478 g/mol. The Morgan fingerprint density at radius 3 is 2.49 bits per heavy atom. The highest BCUT2D eigenvalue weighted by molar-refractivity contribution is 6.36. The number of aromatic amines is 1. The van der Waals surface area contributed by atoms with E-state index in [-0.39, 0.29) is 28.0 Å². The van der Waals surface area contributed by atoms with Crippen molar-refractivity contribution in [3.8, 4) is 11.6 Å². The molecule has 0 saturated carbocycles. The van der Waals surface area contributed by atoms with Gasteiger partial charge in [-0.25, -0.2) is 13.9 Å². The number of nitrogens with one attached hydrogen (secondary N) is 1. The van der Waals surface area contributed by atoms with E-state index in [0.717, 1.165) is 11.8 Å². The van der Waals surface area contributed by atoms with Gasteiger partial charge in [0.2, 0.25) is 5.88 Å². The van der Waals surface area contributed by atoms with Gasteiger partial charge in [-0.05, 0) is 54.6 Å². The van der Waals surface area contributed by atoms with Gasteiger partial charge in [-0.1, -0.05) is 17.7 Å². The fraction of sp³-hybridized carbons (Fsp3) is 0.160. The molecule has 1 amide bonds. The van der Waals surface area contributed by atoms with Gasteiger partial charge in [0.25, 0.3) is 11.5 Å². The second-order valence-electron chi connectivity index (χ2n) is 8.02. The Labute approximate surface area is 203 Å². The highest BCUT2D eigenvalue weighted by Gasteiger charge is 2.25. The lowest BCUT2D eigenvalue weighted by Gasteiger charge is -2.36. The van der Waals surface area contributed by atoms with Crippen molar-refractivity contribution in [2.75, 3.05) is 31.1 Å². The highest BCUT2D eigenvalue weighted by Crippen LogP contribution is 2.32. The van der Waals surface area contributed by atoms with E-state index in [2.05, 4.69) is 10.2 Å². The maximum Gasteiger partial charge on any atom is 0.272 e. The number of carbonyl (C=O) groups excluding carboxylic acids is 1. The molecule has 3 aromatic carbocycles. The Morgan fingerprint density at radius 2 is 1.74 bits per heavy atom. The van der Waals surface area contributed by atoms with Gasteiger partial charge in [0.05, 0.1) is 21.4 Å². The molecule has 0 spiro atoms. The number of amides is 1. The van der Waals surface area contributed by atoms with Gasteiger partial charge >= 0.3 is 0 Å². The Bertz CT molecular complexity index is 1470. The van der Waals surface area contributed by atoms with Crippen LogP contribution in [0, 0.1) is 11.6 Å². The normalized spacial score (nSPS) is 13.8. The molecule has 1 N–H and O–H groups in total. The fourth-order valence-corrected chi connectivity index (χ4v) is 4.31. The van der Waals surface area contributed by atoms with Crippen LogP contribution < -0.4 is 15.2 Å². The number of hydrogen-bond donors (Lipinski definition) is 1. The first kappa shape index (κ1) is 22.8. The molecule has 1 aliphatic rings. The van der Waals surface area contributed by atoms with Crippen LogP contribution in [-0.2, 0) is 0 Å². The molecule has 178 valence electrons. The van der Waals surface area contributed by atoms with Crippen molar-refractivity contribution < 1.29 is 18.3 Å². The Kier molecular flexibility index (Phi) is 6.08. The molecule has 35 heavy (non-hydrogen) atoms. The lowest BCUT2D eigenvalue weighted by Crippen LogP contribution is -2.49. The molecule has 2 heterocycles. The first-order chi connectivity index (χ1) is 16.9. The summed E-state index contributed by atoms with van der Waals surface area (Å²) in [6.45, 7) is 1.81. The summed E-state index contributed by atoms with van der Waals surface area (Å²) in [4.78, 5) is 28.8. The maximum absolute atomic E-state index is 14.6. The second-order valence-corrected chi connectivity index (χ2v) is 8.43. The van der Waals surface area contributed by atoms with Crippen LogP contribution in [0.25, 0.3) is 10.8 Å². The standard InChI is InChI=1S/C25H19ClF2N4O3/c26-20-3-1-2-18-22(20)24(30-29-23(18)33)35-17-8-9-21(28)19(14-17)25(34)32-12-10-31(11-13-32)16-6-4-15(27)5-7-16/h1-9,14H,10-13H2,(H,29,33). The number of rotatable bonds is 4. The van der Waals surface area contributed by atoms with Crippen LogP contribution in [0.1, 0.15) is 10.4 Å². The molecule has 0 unspecified atom stereocenters. The lowest BCUT2D eigenvalue weighted by molar-refractivity contribution is 0.0741. The maximum atomic E-state index is 14.6. The first-order valence-electron chi connectivity index (χ1n) is 10.8. The molecular formula is C25H19ClF2N4O3. The van der Waals surface area contributed by atoms with Gasteiger partial charge in [-0.3, -0.25) is 9.59 Å². The Morgan fingerprint density at radius 1 is 1.00 bits per heavy atom.